The fourth-order valence-corrected chi connectivity index (χ4v) is 4.24. The molecule has 152 valence electrons. The number of nitrogens with one attached hydrogen (secondary N) is 2. The summed E-state index contributed by atoms with van der Waals surface area (Å²) in [6, 6.07) is 20.1. The molecule has 0 unspecified atom stereocenters. The number of aromatic nitrogens is 2. The molecule has 1 saturated heterocycles. The van der Waals surface area contributed by atoms with E-state index in [1.165, 1.54) is 17.3 Å². The lowest BCUT2D eigenvalue weighted by Crippen LogP contribution is -2.42. The standard InChI is InChI=1S/C25H25FN4/c26-21-6-7-24-20(13-21)15-25(29-24)19-4-1-5-23(14-19)30-11-8-22(9-12-30)28-17-18-3-2-10-27-16-18/h1-7,10,13-16,22,28-29H,8-9,11-12,17H2. The van der Waals surface area contributed by atoms with Gasteiger partial charge in [0.1, 0.15) is 5.82 Å². The zero-order valence-electron chi connectivity index (χ0n) is 16.8. The van der Waals surface area contributed by atoms with Crippen LogP contribution in [-0.2, 0) is 6.54 Å². The van der Waals surface area contributed by atoms with Crippen LogP contribution in [0.1, 0.15) is 18.4 Å². The zero-order valence-corrected chi connectivity index (χ0v) is 16.8. The van der Waals surface area contributed by atoms with Crippen LogP contribution < -0.4 is 10.2 Å². The molecule has 4 aromatic rings. The van der Waals surface area contributed by atoms with Crippen LogP contribution in [0.2, 0.25) is 0 Å². The topological polar surface area (TPSA) is 44.0 Å². The molecule has 1 aliphatic heterocycles. The fraction of sp³-hybridized carbons (Fsp3) is 0.240. The predicted molar refractivity (Wildman–Crippen MR) is 120 cm³/mol. The predicted octanol–water partition coefficient (Wildman–Crippen LogP) is 5.13. The van der Waals surface area contributed by atoms with Gasteiger partial charge in [-0.15, -0.1) is 0 Å². The molecule has 5 heteroatoms. The fourth-order valence-electron chi connectivity index (χ4n) is 4.24. The molecule has 0 saturated carbocycles. The van der Waals surface area contributed by atoms with Crippen molar-refractivity contribution in [3.8, 4) is 11.3 Å². The molecular formula is C25H25FN4. The smallest absolute Gasteiger partial charge is 0.123 e. The number of halogens is 1. The Balaban J connectivity index is 1.24. The lowest BCUT2D eigenvalue weighted by molar-refractivity contribution is 0.414. The van der Waals surface area contributed by atoms with E-state index in [4.69, 9.17) is 0 Å². The number of benzene rings is 2. The number of hydrogen-bond acceptors (Lipinski definition) is 3. The van der Waals surface area contributed by atoms with Crippen LogP contribution in [0, 0.1) is 5.82 Å². The molecule has 3 heterocycles. The third kappa shape index (κ3) is 4.07. The van der Waals surface area contributed by atoms with Gasteiger partial charge >= 0.3 is 0 Å². The lowest BCUT2D eigenvalue weighted by atomic mass is 10.0. The number of nitrogens with zero attached hydrogens (tertiary/aromatic N) is 2. The van der Waals surface area contributed by atoms with Gasteiger partial charge < -0.3 is 15.2 Å². The van der Waals surface area contributed by atoms with Crippen molar-refractivity contribution in [3.05, 3.63) is 84.4 Å². The van der Waals surface area contributed by atoms with Crippen molar-refractivity contribution < 1.29 is 4.39 Å². The van der Waals surface area contributed by atoms with Crippen LogP contribution in [0.4, 0.5) is 10.1 Å². The first-order valence-electron chi connectivity index (χ1n) is 10.5. The molecule has 1 fully saturated rings. The summed E-state index contributed by atoms with van der Waals surface area (Å²) in [5.74, 6) is -0.207. The van der Waals surface area contributed by atoms with Crippen LogP contribution in [0.25, 0.3) is 22.2 Å². The van der Waals surface area contributed by atoms with Crippen LogP contribution in [0.5, 0.6) is 0 Å². The molecule has 0 radical (unpaired) electrons. The van der Waals surface area contributed by atoms with E-state index in [2.05, 4.69) is 50.5 Å². The summed E-state index contributed by atoms with van der Waals surface area (Å²) < 4.78 is 13.5. The molecule has 0 aliphatic carbocycles. The first kappa shape index (κ1) is 18.8. The molecule has 0 spiro atoms. The number of fused-ring (bicyclic) bond motifs is 1. The molecule has 4 nitrogen and oxygen atoms in total. The Bertz CT molecular complexity index is 1130. The second kappa shape index (κ2) is 8.28. The average Bonchev–Trinajstić information content (AvgIpc) is 3.22. The first-order valence-corrected chi connectivity index (χ1v) is 10.5. The van der Waals surface area contributed by atoms with Crippen molar-refractivity contribution in [2.24, 2.45) is 0 Å². The van der Waals surface area contributed by atoms with Crippen molar-refractivity contribution >= 4 is 16.6 Å². The molecule has 0 amide bonds. The quantitative estimate of drug-likeness (QED) is 0.488. The Morgan fingerprint density at radius 1 is 1.03 bits per heavy atom. The van der Waals surface area contributed by atoms with Crippen molar-refractivity contribution in [2.45, 2.75) is 25.4 Å². The van der Waals surface area contributed by atoms with Crippen molar-refractivity contribution in [1.29, 1.82) is 0 Å². The van der Waals surface area contributed by atoms with E-state index in [0.29, 0.717) is 6.04 Å². The third-order valence-corrected chi connectivity index (χ3v) is 5.92. The minimum absolute atomic E-state index is 0.207. The summed E-state index contributed by atoms with van der Waals surface area (Å²) >= 11 is 0. The number of H-pyrrole nitrogens is 1. The Morgan fingerprint density at radius 3 is 2.77 bits per heavy atom. The molecule has 30 heavy (non-hydrogen) atoms. The maximum atomic E-state index is 13.5. The van der Waals surface area contributed by atoms with Crippen LogP contribution in [-0.4, -0.2) is 29.1 Å². The van der Waals surface area contributed by atoms with Gasteiger partial charge in [-0.2, -0.15) is 0 Å². The van der Waals surface area contributed by atoms with Gasteiger partial charge in [0.2, 0.25) is 0 Å². The molecular weight excluding hydrogens is 375 g/mol. The second-order valence-electron chi connectivity index (χ2n) is 7.97. The Labute approximate surface area is 175 Å². The second-order valence-corrected chi connectivity index (χ2v) is 7.97. The normalized spacial score (nSPS) is 15.0. The summed E-state index contributed by atoms with van der Waals surface area (Å²) in [6.45, 7) is 2.94. The van der Waals surface area contributed by atoms with Crippen molar-refractivity contribution in [1.82, 2.24) is 15.3 Å². The van der Waals surface area contributed by atoms with Gasteiger partial charge in [-0.3, -0.25) is 4.98 Å². The van der Waals surface area contributed by atoms with Gasteiger partial charge in [0, 0.05) is 60.4 Å². The minimum atomic E-state index is -0.207. The number of anilines is 1. The molecule has 0 atom stereocenters. The summed E-state index contributed by atoms with van der Waals surface area (Å²) in [5.41, 5.74) is 5.57. The Hall–Kier alpha value is -3.18. The SMILES string of the molecule is Fc1ccc2[nH]c(-c3cccc(N4CCC(NCc5cccnc5)CC4)c3)cc2c1. The molecule has 1 aliphatic rings. The molecule has 5 rings (SSSR count). The molecule has 2 aromatic heterocycles. The molecule has 0 bridgehead atoms. The van der Waals surface area contributed by atoms with Crippen LogP contribution in [0.15, 0.2) is 73.1 Å². The maximum Gasteiger partial charge on any atom is 0.123 e. The van der Waals surface area contributed by atoms with Gasteiger partial charge in [0.05, 0.1) is 0 Å². The molecule has 2 aromatic carbocycles. The highest BCUT2D eigenvalue weighted by molar-refractivity contribution is 5.86. The number of hydrogen-bond donors (Lipinski definition) is 2. The van der Waals surface area contributed by atoms with E-state index in [1.54, 1.807) is 12.1 Å². The van der Waals surface area contributed by atoms with E-state index < -0.39 is 0 Å². The van der Waals surface area contributed by atoms with E-state index in [-0.39, 0.29) is 5.82 Å². The molecule has 2 N–H and O–H groups in total. The number of rotatable bonds is 5. The van der Waals surface area contributed by atoms with Crippen molar-refractivity contribution in [2.75, 3.05) is 18.0 Å². The monoisotopic (exact) mass is 400 g/mol. The van der Waals surface area contributed by atoms with E-state index in [1.807, 2.05) is 24.5 Å². The average molecular weight is 401 g/mol. The van der Waals surface area contributed by atoms with Crippen LogP contribution in [0.3, 0.4) is 0 Å². The summed E-state index contributed by atoms with van der Waals surface area (Å²) in [4.78, 5) is 10.0. The van der Waals surface area contributed by atoms with Gasteiger partial charge in [-0.25, -0.2) is 4.39 Å². The number of piperidine rings is 1. The zero-order chi connectivity index (χ0) is 20.3. The summed E-state index contributed by atoms with van der Waals surface area (Å²) in [5, 5.41) is 4.56. The minimum Gasteiger partial charge on any atom is -0.371 e. The van der Waals surface area contributed by atoms with Gasteiger partial charge in [-0.05, 0) is 66.4 Å². The highest BCUT2D eigenvalue weighted by Crippen LogP contribution is 2.29. The van der Waals surface area contributed by atoms with Gasteiger partial charge in [0.25, 0.3) is 0 Å². The highest BCUT2D eigenvalue weighted by Gasteiger charge is 2.19. The third-order valence-electron chi connectivity index (χ3n) is 5.92. The Morgan fingerprint density at radius 2 is 1.93 bits per heavy atom. The largest absolute Gasteiger partial charge is 0.371 e. The lowest BCUT2D eigenvalue weighted by Gasteiger charge is -2.34. The van der Waals surface area contributed by atoms with E-state index in [9.17, 15) is 4.39 Å². The van der Waals surface area contributed by atoms with Crippen molar-refractivity contribution in [3.63, 3.8) is 0 Å². The van der Waals surface area contributed by atoms with Gasteiger partial charge in [0.15, 0.2) is 0 Å². The van der Waals surface area contributed by atoms with E-state index in [0.717, 1.165) is 54.6 Å². The van der Waals surface area contributed by atoms with Crippen LogP contribution >= 0.6 is 0 Å². The number of aromatic amines is 1. The Kier molecular flexibility index (Phi) is 5.20. The summed E-state index contributed by atoms with van der Waals surface area (Å²) in [6.07, 6.45) is 5.97. The maximum absolute atomic E-state index is 13.5. The summed E-state index contributed by atoms with van der Waals surface area (Å²) in [7, 11) is 0. The highest BCUT2D eigenvalue weighted by atomic mass is 19.1. The first-order chi connectivity index (χ1) is 14.7. The number of pyridine rings is 1. The van der Waals surface area contributed by atoms with E-state index >= 15 is 0 Å². The van der Waals surface area contributed by atoms with Gasteiger partial charge in [-0.1, -0.05) is 18.2 Å².